The van der Waals surface area contributed by atoms with Crippen LogP contribution in [0.15, 0.2) is 9.59 Å². The van der Waals surface area contributed by atoms with Crippen LogP contribution in [0.3, 0.4) is 0 Å². The Hall–Kier alpha value is -2.09. The van der Waals surface area contributed by atoms with Gasteiger partial charge in [-0.3, -0.25) is 24.0 Å². The number of nitrogens with two attached hydrogens (primary N) is 1. The first-order chi connectivity index (χ1) is 13.8. The lowest BCUT2D eigenvalue weighted by molar-refractivity contribution is -0.120. The Kier molecular flexibility index (Phi) is 8.49. The average molecular weight is 408 g/mol. The lowest BCUT2D eigenvalue weighted by atomic mass is 9.94. The molecule has 0 unspecified atom stereocenters. The molecule has 1 heterocycles. The second-order valence-electron chi connectivity index (χ2n) is 8.60. The number of anilines is 2. The molecule has 0 saturated heterocycles. The van der Waals surface area contributed by atoms with Crippen LogP contribution in [-0.2, 0) is 11.3 Å². The highest BCUT2D eigenvalue weighted by Gasteiger charge is 2.27. The number of amides is 1. The molecule has 1 aliphatic rings. The van der Waals surface area contributed by atoms with E-state index in [4.69, 9.17) is 5.73 Å². The van der Waals surface area contributed by atoms with Crippen molar-refractivity contribution in [1.82, 2.24) is 14.5 Å². The van der Waals surface area contributed by atoms with Crippen molar-refractivity contribution >= 4 is 17.4 Å². The van der Waals surface area contributed by atoms with Crippen LogP contribution in [0.2, 0.25) is 0 Å². The van der Waals surface area contributed by atoms with Crippen molar-refractivity contribution in [3.63, 3.8) is 0 Å². The van der Waals surface area contributed by atoms with Crippen molar-refractivity contribution < 1.29 is 4.79 Å². The predicted molar refractivity (Wildman–Crippen MR) is 117 cm³/mol. The summed E-state index contributed by atoms with van der Waals surface area (Å²) in [6.07, 6.45) is 7.46. The van der Waals surface area contributed by atoms with Crippen LogP contribution >= 0.6 is 0 Å². The summed E-state index contributed by atoms with van der Waals surface area (Å²) >= 11 is 0. The van der Waals surface area contributed by atoms with E-state index in [0.717, 1.165) is 25.7 Å². The Morgan fingerprint density at radius 2 is 1.90 bits per heavy atom. The van der Waals surface area contributed by atoms with Gasteiger partial charge in [-0.1, -0.05) is 46.5 Å². The molecule has 0 atom stereocenters. The molecule has 1 amide bonds. The zero-order valence-corrected chi connectivity index (χ0v) is 18.4. The maximum Gasteiger partial charge on any atom is 0.330 e. The maximum atomic E-state index is 13.2. The molecule has 2 rings (SSSR count). The van der Waals surface area contributed by atoms with Gasteiger partial charge in [-0.05, 0) is 32.2 Å². The highest BCUT2D eigenvalue weighted by Crippen LogP contribution is 2.23. The third kappa shape index (κ3) is 5.95. The third-order valence-corrected chi connectivity index (χ3v) is 5.65. The van der Waals surface area contributed by atoms with Gasteiger partial charge in [0.2, 0.25) is 5.91 Å². The number of aromatic nitrogens is 2. The molecule has 0 aromatic carbocycles. The number of rotatable bonds is 9. The molecular weight excluding hydrogens is 370 g/mol. The number of unbranched alkanes of at least 4 members (excludes halogenated alkanes) is 1. The molecule has 1 fully saturated rings. The van der Waals surface area contributed by atoms with Crippen molar-refractivity contribution in [3.8, 4) is 0 Å². The number of carbonyl (C=O) groups is 1. The number of H-pyrrole nitrogens is 1. The minimum Gasteiger partial charge on any atom is -0.383 e. The lowest BCUT2D eigenvalue weighted by Gasteiger charge is -2.32. The monoisotopic (exact) mass is 407 g/mol. The number of carbonyl (C=O) groups excluding carboxylic acids is 1. The van der Waals surface area contributed by atoms with E-state index in [2.05, 4.69) is 9.88 Å². The van der Waals surface area contributed by atoms with E-state index >= 15 is 0 Å². The number of aromatic amines is 1. The van der Waals surface area contributed by atoms with E-state index in [1.165, 1.54) is 28.7 Å². The second-order valence-corrected chi connectivity index (χ2v) is 8.60. The first-order valence-corrected chi connectivity index (χ1v) is 10.9. The summed E-state index contributed by atoms with van der Waals surface area (Å²) in [5, 5.41) is 0. The molecule has 164 valence electrons. The Morgan fingerprint density at radius 1 is 1.24 bits per heavy atom. The van der Waals surface area contributed by atoms with E-state index in [-0.39, 0.29) is 29.9 Å². The maximum absolute atomic E-state index is 13.2. The van der Waals surface area contributed by atoms with E-state index in [0.29, 0.717) is 19.1 Å². The first-order valence-electron chi connectivity index (χ1n) is 10.9. The summed E-state index contributed by atoms with van der Waals surface area (Å²) in [7, 11) is 1.97. The van der Waals surface area contributed by atoms with Crippen LogP contribution in [0, 0.1) is 5.92 Å². The summed E-state index contributed by atoms with van der Waals surface area (Å²) in [6.45, 7) is 6.99. The topological polar surface area (TPSA) is 104 Å². The number of nitrogens with zero attached hydrogens (tertiary/aromatic N) is 3. The molecule has 29 heavy (non-hydrogen) atoms. The quantitative estimate of drug-likeness (QED) is 0.653. The second kappa shape index (κ2) is 10.6. The third-order valence-electron chi connectivity index (χ3n) is 5.65. The fraction of sp³-hybridized carbons (Fsp3) is 0.762. The Balaban J connectivity index is 2.34. The zero-order valence-electron chi connectivity index (χ0n) is 18.4. The molecule has 1 saturated carbocycles. The van der Waals surface area contributed by atoms with Crippen molar-refractivity contribution in [3.05, 3.63) is 20.8 Å². The Labute approximate surface area is 173 Å². The highest BCUT2D eigenvalue weighted by molar-refractivity contribution is 5.96. The minimum atomic E-state index is -0.600. The fourth-order valence-electron chi connectivity index (χ4n) is 4.01. The number of hydrogen-bond donors (Lipinski definition) is 2. The standard InChI is InChI=1S/C21H37N5O3/c1-5-6-12-25(17(27)14-24(4)16-10-8-7-9-11-16)18-19(22)26(13-15(2)3)21(29)23-20(18)28/h15-16H,5-14,22H2,1-4H3,(H,23,28,29). The van der Waals surface area contributed by atoms with Gasteiger partial charge in [0, 0.05) is 19.1 Å². The summed E-state index contributed by atoms with van der Waals surface area (Å²) in [6, 6.07) is 0.395. The highest BCUT2D eigenvalue weighted by atomic mass is 16.2. The van der Waals surface area contributed by atoms with E-state index in [1.54, 1.807) is 0 Å². The Bertz CT molecular complexity index is 792. The van der Waals surface area contributed by atoms with Crippen LogP contribution in [0.1, 0.15) is 65.7 Å². The molecule has 3 N–H and O–H groups in total. The van der Waals surface area contributed by atoms with Gasteiger partial charge in [0.25, 0.3) is 5.56 Å². The minimum absolute atomic E-state index is 0.0669. The fourth-order valence-corrected chi connectivity index (χ4v) is 4.01. The molecule has 0 bridgehead atoms. The molecule has 1 aromatic rings. The number of likely N-dealkylation sites (N-methyl/N-ethyl adjacent to an activating group) is 1. The van der Waals surface area contributed by atoms with Gasteiger partial charge in [-0.25, -0.2) is 4.79 Å². The van der Waals surface area contributed by atoms with Gasteiger partial charge < -0.3 is 10.6 Å². The van der Waals surface area contributed by atoms with Crippen molar-refractivity contribution in [2.75, 3.05) is 30.8 Å². The van der Waals surface area contributed by atoms with Gasteiger partial charge in [0.1, 0.15) is 5.82 Å². The van der Waals surface area contributed by atoms with Gasteiger partial charge >= 0.3 is 5.69 Å². The molecule has 8 heteroatoms. The van der Waals surface area contributed by atoms with E-state index in [9.17, 15) is 14.4 Å². The first kappa shape index (κ1) is 23.2. The van der Waals surface area contributed by atoms with Crippen LogP contribution in [0.4, 0.5) is 11.5 Å². The smallest absolute Gasteiger partial charge is 0.330 e. The molecule has 1 aliphatic carbocycles. The normalized spacial score (nSPS) is 15.2. The SMILES string of the molecule is CCCCN(C(=O)CN(C)C1CCCCC1)c1c(N)n(CC(C)C)c(=O)[nH]c1=O. The molecular formula is C21H37N5O3. The van der Waals surface area contributed by atoms with Crippen molar-refractivity contribution in [1.29, 1.82) is 0 Å². The van der Waals surface area contributed by atoms with Gasteiger partial charge in [-0.2, -0.15) is 0 Å². The summed E-state index contributed by atoms with van der Waals surface area (Å²) in [5.74, 6) is 0.0849. The summed E-state index contributed by atoms with van der Waals surface area (Å²) in [5.41, 5.74) is 5.22. The van der Waals surface area contributed by atoms with Gasteiger partial charge in [0.05, 0.1) is 6.54 Å². The van der Waals surface area contributed by atoms with Crippen LogP contribution in [0.25, 0.3) is 0 Å². The van der Waals surface area contributed by atoms with Gasteiger partial charge in [0.15, 0.2) is 5.69 Å². The predicted octanol–water partition coefficient (Wildman–Crippen LogP) is 2.17. The van der Waals surface area contributed by atoms with Crippen LogP contribution in [-0.4, -0.2) is 46.5 Å². The van der Waals surface area contributed by atoms with Crippen molar-refractivity contribution in [2.24, 2.45) is 5.92 Å². The zero-order chi connectivity index (χ0) is 21.6. The molecule has 0 aliphatic heterocycles. The molecule has 0 spiro atoms. The number of nitrogen functional groups attached to an aromatic ring is 1. The van der Waals surface area contributed by atoms with Gasteiger partial charge in [-0.15, -0.1) is 0 Å². The largest absolute Gasteiger partial charge is 0.383 e. The molecule has 0 radical (unpaired) electrons. The number of hydrogen-bond acceptors (Lipinski definition) is 5. The summed E-state index contributed by atoms with van der Waals surface area (Å²) in [4.78, 5) is 44.0. The van der Waals surface area contributed by atoms with E-state index < -0.39 is 11.2 Å². The Morgan fingerprint density at radius 3 is 2.48 bits per heavy atom. The molecule has 1 aromatic heterocycles. The number of nitrogens with one attached hydrogen (secondary N) is 1. The average Bonchev–Trinajstić information content (AvgIpc) is 2.67. The van der Waals surface area contributed by atoms with Crippen LogP contribution in [0.5, 0.6) is 0 Å². The van der Waals surface area contributed by atoms with Crippen LogP contribution < -0.4 is 21.9 Å². The van der Waals surface area contributed by atoms with Crippen molar-refractivity contribution in [2.45, 2.75) is 78.3 Å². The summed E-state index contributed by atoms with van der Waals surface area (Å²) < 4.78 is 1.36. The van der Waals surface area contributed by atoms with E-state index in [1.807, 2.05) is 27.8 Å². The lowest BCUT2D eigenvalue weighted by Crippen LogP contribution is -2.47. The molecule has 8 nitrogen and oxygen atoms in total.